The van der Waals surface area contributed by atoms with Crippen LogP contribution in [0.15, 0.2) is 4.99 Å². The first-order valence-electron chi connectivity index (χ1n) is 10.7. The van der Waals surface area contributed by atoms with Gasteiger partial charge >= 0.3 is 6.09 Å². The highest BCUT2D eigenvalue weighted by atomic mass is 16.5. The maximum absolute atomic E-state index is 10.5. The lowest BCUT2D eigenvalue weighted by atomic mass is 10.3. The van der Waals surface area contributed by atoms with Crippen molar-refractivity contribution in [2.24, 2.45) is 4.99 Å². The molecular formula is C21H43N5O6. The highest BCUT2D eigenvalue weighted by molar-refractivity contribution is 5.73. The fraction of sp³-hybridized carbons (Fsp3) is 0.762. The number of rotatable bonds is 10. The van der Waals surface area contributed by atoms with E-state index in [0.29, 0.717) is 13.2 Å². The fourth-order valence-electron chi connectivity index (χ4n) is 1.47. The van der Waals surface area contributed by atoms with Gasteiger partial charge in [0.1, 0.15) is 0 Å². The first-order valence-corrected chi connectivity index (χ1v) is 10.7. The number of isocyanates is 1. The Morgan fingerprint density at radius 2 is 1.22 bits per heavy atom. The minimum atomic E-state index is -0.417. The molecule has 0 aliphatic rings. The smallest absolute Gasteiger partial charge is 0.406 e. The molecule has 4 N–H and O–H groups in total. The molecule has 0 aromatic heterocycles. The van der Waals surface area contributed by atoms with E-state index in [9.17, 15) is 19.2 Å². The topological polar surface area (TPSA) is 155 Å². The number of alkyl carbamates (subject to hydrolysis) is 1. The van der Waals surface area contributed by atoms with Crippen molar-refractivity contribution < 1.29 is 28.7 Å². The molecule has 11 heteroatoms. The summed E-state index contributed by atoms with van der Waals surface area (Å²) in [7, 11) is 2.90. The summed E-state index contributed by atoms with van der Waals surface area (Å²) >= 11 is 0. The van der Waals surface area contributed by atoms with Crippen molar-refractivity contribution >= 4 is 29.9 Å². The van der Waals surface area contributed by atoms with E-state index in [-0.39, 0.29) is 17.7 Å². The van der Waals surface area contributed by atoms with Gasteiger partial charge in [-0.25, -0.2) is 14.6 Å². The Kier molecular flexibility index (Phi) is 37.3. The Morgan fingerprint density at radius 1 is 0.781 bits per heavy atom. The molecule has 11 nitrogen and oxygen atoms in total. The van der Waals surface area contributed by atoms with Gasteiger partial charge in [-0.05, 0) is 25.7 Å². The molecule has 0 radical (unpaired) electrons. The van der Waals surface area contributed by atoms with Gasteiger partial charge in [0.05, 0.1) is 6.61 Å². The molecule has 0 aromatic carbocycles. The number of unbranched alkanes of at least 4 members (excludes halogenated alkanes) is 2. The van der Waals surface area contributed by atoms with Gasteiger partial charge in [-0.3, -0.25) is 14.4 Å². The number of ether oxygens (including phenoxy) is 1. The minimum absolute atomic E-state index is 0.0350. The van der Waals surface area contributed by atoms with Gasteiger partial charge in [0.25, 0.3) is 0 Å². The molecule has 0 atom stereocenters. The van der Waals surface area contributed by atoms with Crippen molar-refractivity contribution in [3.05, 3.63) is 0 Å². The van der Waals surface area contributed by atoms with Gasteiger partial charge in [0, 0.05) is 54.5 Å². The van der Waals surface area contributed by atoms with Crippen LogP contribution in [0.2, 0.25) is 0 Å². The van der Waals surface area contributed by atoms with Crippen molar-refractivity contribution in [3.8, 4) is 0 Å². The Bertz CT molecular complexity index is 523. The van der Waals surface area contributed by atoms with E-state index >= 15 is 0 Å². The van der Waals surface area contributed by atoms with E-state index in [2.05, 4.69) is 33.2 Å². The van der Waals surface area contributed by atoms with Crippen molar-refractivity contribution in [3.63, 3.8) is 0 Å². The monoisotopic (exact) mass is 461 g/mol. The summed E-state index contributed by atoms with van der Waals surface area (Å²) in [6, 6.07) is 0. The van der Waals surface area contributed by atoms with E-state index in [1.165, 1.54) is 40.9 Å². The molecule has 0 saturated carbocycles. The summed E-state index contributed by atoms with van der Waals surface area (Å²) < 4.78 is 4.74. The average molecular weight is 462 g/mol. The fourth-order valence-corrected chi connectivity index (χ4v) is 1.47. The second-order valence-corrected chi connectivity index (χ2v) is 6.21. The van der Waals surface area contributed by atoms with Crippen LogP contribution >= 0.6 is 0 Å². The Hall–Kier alpha value is -2.94. The maximum Gasteiger partial charge on any atom is 0.406 e. The van der Waals surface area contributed by atoms with E-state index in [4.69, 9.17) is 9.53 Å². The molecule has 0 aromatic rings. The van der Waals surface area contributed by atoms with Gasteiger partial charge in [-0.2, -0.15) is 0 Å². The lowest BCUT2D eigenvalue weighted by Gasteiger charge is -2.03. The van der Waals surface area contributed by atoms with Gasteiger partial charge in [0.2, 0.25) is 23.8 Å². The average Bonchev–Trinajstić information content (AvgIpc) is 2.75. The zero-order valence-corrected chi connectivity index (χ0v) is 20.8. The van der Waals surface area contributed by atoms with E-state index in [1.54, 1.807) is 0 Å². The summed E-state index contributed by atoms with van der Waals surface area (Å²) in [5, 5.41) is 10.4. The highest BCUT2D eigenvalue weighted by Gasteiger charge is 1.96. The second kappa shape index (κ2) is 32.7. The molecule has 0 spiro atoms. The minimum Gasteiger partial charge on any atom is -0.450 e. The lowest BCUT2D eigenvalue weighted by molar-refractivity contribution is -0.119. The quantitative estimate of drug-likeness (QED) is 0.220. The predicted molar refractivity (Wildman–Crippen MR) is 125 cm³/mol. The first-order chi connectivity index (χ1) is 15.1. The zero-order chi connectivity index (χ0) is 25.6. The molecule has 0 unspecified atom stereocenters. The first kappa shape index (κ1) is 36.4. The molecule has 0 saturated heterocycles. The summed E-state index contributed by atoms with van der Waals surface area (Å²) in [5.41, 5.74) is 0. The van der Waals surface area contributed by atoms with Crippen LogP contribution in [0.5, 0.6) is 0 Å². The molecule has 0 fully saturated rings. The van der Waals surface area contributed by atoms with E-state index in [1.807, 2.05) is 6.92 Å². The summed E-state index contributed by atoms with van der Waals surface area (Å²) in [4.78, 5) is 53.1. The SMILES string of the molecule is CCCCNC(C)=O.CCCNC(C)=O.CN=C=O.CNC(=O)OCCCCNC(C)=O. The number of hydrogen-bond donors (Lipinski definition) is 4. The number of amides is 4. The van der Waals surface area contributed by atoms with Gasteiger partial charge < -0.3 is 26.0 Å². The number of nitrogens with one attached hydrogen (secondary N) is 4. The van der Waals surface area contributed by atoms with Crippen molar-refractivity contribution in [2.45, 2.75) is 66.7 Å². The molecule has 0 rings (SSSR count). The Morgan fingerprint density at radius 3 is 1.53 bits per heavy atom. The molecule has 0 bridgehead atoms. The summed E-state index contributed by atoms with van der Waals surface area (Å²) in [5.74, 6) is 0.0903. The number of hydrogen-bond acceptors (Lipinski definition) is 7. The normalized spacial score (nSPS) is 8.22. The van der Waals surface area contributed by atoms with Crippen LogP contribution in [0, 0.1) is 0 Å². The van der Waals surface area contributed by atoms with Crippen LogP contribution in [0.4, 0.5) is 4.79 Å². The van der Waals surface area contributed by atoms with Crippen LogP contribution in [-0.2, 0) is 23.9 Å². The van der Waals surface area contributed by atoms with Gasteiger partial charge in [0.15, 0.2) is 0 Å². The number of carbonyl (C=O) groups excluding carboxylic acids is 5. The van der Waals surface area contributed by atoms with E-state index < -0.39 is 6.09 Å². The largest absolute Gasteiger partial charge is 0.450 e. The standard InChI is InChI=1S/C8H16N2O3.C6H13NO.C5H11NO.C2H3NO/c1-7(11)10-5-3-4-6-13-8(12)9-2;1-3-4-5-7-6(2)8;1-3-4-6-5(2)7;1-3-2-4/h3-6H2,1-2H3,(H,9,12)(H,10,11);3-5H2,1-2H3,(H,7,8);3-4H2,1-2H3,(H,6,7);1H3. The van der Waals surface area contributed by atoms with Crippen LogP contribution < -0.4 is 21.3 Å². The number of carbonyl (C=O) groups is 4. The van der Waals surface area contributed by atoms with Crippen LogP contribution in [0.1, 0.15) is 66.7 Å². The number of aliphatic imine (C=N–C) groups is 1. The third-order valence-electron chi connectivity index (χ3n) is 3.00. The highest BCUT2D eigenvalue weighted by Crippen LogP contribution is 1.88. The number of nitrogens with zero attached hydrogens (tertiary/aromatic N) is 1. The predicted octanol–water partition coefficient (Wildman–Crippen LogP) is 1.67. The van der Waals surface area contributed by atoms with Crippen molar-refractivity contribution in [2.75, 3.05) is 40.3 Å². The van der Waals surface area contributed by atoms with Gasteiger partial charge in [-0.1, -0.05) is 20.3 Å². The molecule has 0 heterocycles. The third kappa shape index (κ3) is 56.3. The molecule has 0 aliphatic carbocycles. The van der Waals surface area contributed by atoms with Crippen molar-refractivity contribution in [1.29, 1.82) is 0 Å². The molecule has 0 aliphatic heterocycles. The van der Waals surface area contributed by atoms with E-state index in [0.717, 1.165) is 45.2 Å². The second-order valence-electron chi connectivity index (χ2n) is 6.21. The Balaban J connectivity index is -0.000000178. The molecule has 188 valence electrons. The summed E-state index contributed by atoms with van der Waals surface area (Å²) in [6.45, 7) is 11.3. The Labute approximate surface area is 192 Å². The zero-order valence-electron chi connectivity index (χ0n) is 20.8. The molecular weight excluding hydrogens is 418 g/mol. The van der Waals surface area contributed by atoms with Crippen molar-refractivity contribution in [1.82, 2.24) is 21.3 Å². The van der Waals surface area contributed by atoms with Gasteiger partial charge in [-0.15, -0.1) is 0 Å². The van der Waals surface area contributed by atoms with Crippen LogP contribution in [0.3, 0.4) is 0 Å². The molecule has 4 amide bonds. The summed E-state index contributed by atoms with van der Waals surface area (Å²) in [6.07, 6.45) is 5.70. The van der Waals surface area contributed by atoms with Crippen LogP contribution in [0.25, 0.3) is 0 Å². The molecule has 32 heavy (non-hydrogen) atoms. The third-order valence-corrected chi connectivity index (χ3v) is 3.00. The lowest BCUT2D eigenvalue weighted by Crippen LogP contribution is -2.22. The maximum atomic E-state index is 10.5. The van der Waals surface area contributed by atoms with Crippen LogP contribution in [-0.4, -0.2) is 70.2 Å².